The molecule has 0 spiro atoms. The number of aliphatic carboxylic acids is 1. The second kappa shape index (κ2) is 6.08. The summed E-state index contributed by atoms with van der Waals surface area (Å²) in [5.41, 5.74) is 1.92. The molecule has 2 aliphatic rings. The molecule has 1 fully saturated rings. The van der Waals surface area contributed by atoms with Crippen molar-refractivity contribution in [1.82, 2.24) is 10.3 Å². The van der Waals surface area contributed by atoms with Gasteiger partial charge in [-0.25, -0.2) is 4.79 Å². The Morgan fingerprint density at radius 2 is 2.10 bits per heavy atom. The van der Waals surface area contributed by atoms with Crippen LogP contribution in [0.1, 0.15) is 5.69 Å². The molecule has 1 aromatic rings. The van der Waals surface area contributed by atoms with Crippen LogP contribution in [0.2, 0.25) is 0 Å². The van der Waals surface area contributed by atoms with Crippen LogP contribution in [0, 0.1) is 5.92 Å². The van der Waals surface area contributed by atoms with Crippen molar-refractivity contribution in [1.29, 1.82) is 0 Å². The van der Waals surface area contributed by atoms with Crippen LogP contribution in [0.4, 0.5) is 13.2 Å². The maximum absolute atomic E-state index is 10.6. The Morgan fingerprint density at radius 3 is 2.67 bits per heavy atom. The normalized spacial score (nSPS) is 23.5. The van der Waals surface area contributed by atoms with Gasteiger partial charge in [0.2, 0.25) is 0 Å². The summed E-state index contributed by atoms with van der Waals surface area (Å²) in [6, 6.07) is 5.85. The number of nitrogens with one attached hydrogen (secondary N) is 1. The highest BCUT2D eigenvalue weighted by Gasteiger charge is 2.39. The minimum atomic E-state index is -5.08. The Bertz CT molecular complexity index is 534. The highest BCUT2D eigenvalue weighted by molar-refractivity contribution is 6.01. The minimum absolute atomic E-state index is 0.215. The van der Waals surface area contributed by atoms with E-state index < -0.39 is 12.1 Å². The second-order valence-electron chi connectivity index (χ2n) is 4.40. The molecule has 0 aromatic carbocycles. The van der Waals surface area contributed by atoms with Crippen LogP contribution in [0.15, 0.2) is 29.6 Å². The van der Waals surface area contributed by atoms with Gasteiger partial charge in [0.05, 0.1) is 11.6 Å². The maximum atomic E-state index is 10.6. The molecule has 114 valence electrons. The molecule has 0 unspecified atom stereocenters. The molecule has 2 N–H and O–H groups in total. The quantitative estimate of drug-likeness (QED) is 0.810. The van der Waals surface area contributed by atoms with Crippen molar-refractivity contribution in [3.63, 3.8) is 0 Å². The smallest absolute Gasteiger partial charge is 0.475 e. The van der Waals surface area contributed by atoms with E-state index in [4.69, 9.17) is 14.7 Å². The molecule has 9 heteroatoms. The molecule has 1 saturated heterocycles. The molecular formula is C12H12F3N3O3. The van der Waals surface area contributed by atoms with Gasteiger partial charge in [-0.3, -0.25) is 4.98 Å². The van der Waals surface area contributed by atoms with Crippen LogP contribution in [0.5, 0.6) is 0 Å². The number of carbonyl (C=O) groups is 1. The van der Waals surface area contributed by atoms with Gasteiger partial charge in [-0.2, -0.15) is 13.2 Å². The zero-order valence-corrected chi connectivity index (χ0v) is 10.7. The van der Waals surface area contributed by atoms with Gasteiger partial charge in [-0.05, 0) is 12.1 Å². The summed E-state index contributed by atoms with van der Waals surface area (Å²) in [6.45, 7) is 1.84. The van der Waals surface area contributed by atoms with Gasteiger partial charge < -0.3 is 15.3 Å². The predicted octanol–water partition coefficient (Wildman–Crippen LogP) is 1.04. The zero-order valence-electron chi connectivity index (χ0n) is 10.7. The topological polar surface area (TPSA) is 83.8 Å². The molecule has 0 saturated carbocycles. The van der Waals surface area contributed by atoms with Crippen LogP contribution >= 0.6 is 0 Å². The number of oxime groups is 1. The number of alkyl halides is 3. The number of nitrogens with zero attached hydrogens (tertiary/aromatic N) is 2. The third-order valence-corrected chi connectivity index (χ3v) is 2.97. The molecule has 0 radical (unpaired) electrons. The first-order valence-corrected chi connectivity index (χ1v) is 6.05. The van der Waals surface area contributed by atoms with Crippen molar-refractivity contribution in [3.05, 3.63) is 30.1 Å². The van der Waals surface area contributed by atoms with Crippen molar-refractivity contribution >= 4 is 11.7 Å². The van der Waals surface area contributed by atoms with Gasteiger partial charge >= 0.3 is 12.1 Å². The summed E-state index contributed by atoms with van der Waals surface area (Å²) in [6.07, 6.45) is -3.08. The van der Waals surface area contributed by atoms with E-state index in [1.54, 1.807) is 6.20 Å². The minimum Gasteiger partial charge on any atom is -0.475 e. The molecule has 3 rings (SSSR count). The lowest BCUT2D eigenvalue weighted by molar-refractivity contribution is -0.192. The van der Waals surface area contributed by atoms with E-state index >= 15 is 0 Å². The molecule has 0 bridgehead atoms. The molecular weight excluding hydrogens is 291 g/mol. The van der Waals surface area contributed by atoms with Gasteiger partial charge in [-0.15, -0.1) is 0 Å². The largest absolute Gasteiger partial charge is 0.490 e. The Hall–Kier alpha value is -2.16. The molecule has 3 heterocycles. The van der Waals surface area contributed by atoms with E-state index in [0.29, 0.717) is 5.92 Å². The fourth-order valence-electron chi connectivity index (χ4n) is 1.98. The molecule has 0 amide bonds. The van der Waals surface area contributed by atoms with E-state index in [2.05, 4.69) is 15.5 Å². The van der Waals surface area contributed by atoms with E-state index in [1.807, 2.05) is 18.2 Å². The fourth-order valence-corrected chi connectivity index (χ4v) is 1.98. The van der Waals surface area contributed by atoms with E-state index in [1.165, 1.54) is 0 Å². The van der Waals surface area contributed by atoms with Crippen molar-refractivity contribution in [2.24, 2.45) is 11.1 Å². The summed E-state index contributed by atoms with van der Waals surface area (Å²) >= 11 is 0. The number of carboxylic acid groups (broad SMARTS) is 1. The number of carboxylic acids is 1. The lowest BCUT2D eigenvalue weighted by Gasteiger charge is -2.06. The zero-order chi connectivity index (χ0) is 15.5. The Morgan fingerprint density at radius 1 is 1.38 bits per heavy atom. The lowest BCUT2D eigenvalue weighted by atomic mass is 9.98. The average Bonchev–Trinajstić information content (AvgIpc) is 3.01. The van der Waals surface area contributed by atoms with E-state index in [9.17, 15) is 13.2 Å². The highest BCUT2D eigenvalue weighted by Crippen LogP contribution is 2.24. The highest BCUT2D eigenvalue weighted by atomic mass is 19.4. The molecule has 0 aliphatic carbocycles. The SMILES string of the molecule is O=C(O)C(F)(F)F.c1ccc(C2=NO[C@@H]3CNC[C@H]23)nc1. The first kappa shape index (κ1) is 15.2. The molecule has 1 aromatic heterocycles. The van der Waals surface area contributed by atoms with E-state index in [0.717, 1.165) is 24.5 Å². The first-order valence-electron chi connectivity index (χ1n) is 6.05. The molecule has 2 aliphatic heterocycles. The maximum Gasteiger partial charge on any atom is 0.490 e. The summed E-state index contributed by atoms with van der Waals surface area (Å²) < 4.78 is 31.7. The average molecular weight is 303 g/mol. The third-order valence-electron chi connectivity index (χ3n) is 2.97. The van der Waals surface area contributed by atoms with Gasteiger partial charge in [0.1, 0.15) is 11.8 Å². The van der Waals surface area contributed by atoms with E-state index in [-0.39, 0.29) is 6.10 Å². The Labute approximate surface area is 117 Å². The number of halogens is 3. The fraction of sp³-hybridized carbons (Fsp3) is 0.417. The van der Waals surface area contributed by atoms with Crippen LogP contribution < -0.4 is 5.32 Å². The van der Waals surface area contributed by atoms with Crippen molar-refractivity contribution < 1.29 is 27.9 Å². The number of aromatic nitrogens is 1. The first-order chi connectivity index (χ1) is 9.89. The number of hydrogen-bond acceptors (Lipinski definition) is 5. The summed E-state index contributed by atoms with van der Waals surface area (Å²) in [5.74, 6) is -2.38. The Balaban J connectivity index is 0.000000199. The van der Waals surface area contributed by atoms with Crippen LogP contribution in [0.25, 0.3) is 0 Å². The number of fused-ring (bicyclic) bond motifs is 1. The van der Waals surface area contributed by atoms with Crippen molar-refractivity contribution in [2.75, 3.05) is 13.1 Å². The van der Waals surface area contributed by atoms with Crippen molar-refractivity contribution in [3.8, 4) is 0 Å². The monoisotopic (exact) mass is 303 g/mol. The summed E-state index contributed by atoms with van der Waals surface area (Å²) in [5, 5.41) is 14.5. The summed E-state index contributed by atoms with van der Waals surface area (Å²) in [4.78, 5) is 18.5. The van der Waals surface area contributed by atoms with Gasteiger partial charge in [-0.1, -0.05) is 11.2 Å². The number of pyridine rings is 1. The Kier molecular flexibility index (Phi) is 4.41. The lowest BCUT2D eigenvalue weighted by Crippen LogP contribution is -2.22. The van der Waals surface area contributed by atoms with Crippen LogP contribution in [0.3, 0.4) is 0 Å². The van der Waals surface area contributed by atoms with Gasteiger partial charge in [0, 0.05) is 19.3 Å². The number of hydrogen-bond donors (Lipinski definition) is 2. The third kappa shape index (κ3) is 3.69. The molecule has 21 heavy (non-hydrogen) atoms. The van der Waals surface area contributed by atoms with Crippen molar-refractivity contribution in [2.45, 2.75) is 12.3 Å². The van der Waals surface area contributed by atoms with Crippen LogP contribution in [-0.4, -0.2) is 47.1 Å². The van der Waals surface area contributed by atoms with Gasteiger partial charge in [0.15, 0.2) is 0 Å². The number of rotatable bonds is 1. The summed E-state index contributed by atoms with van der Waals surface area (Å²) in [7, 11) is 0. The van der Waals surface area contributed by atoms with Gasteiger partial charge in [0.25, 0.3) is 0 Å². The predicted molar refractivity (Wildman–Crippen MR) is 65.7 cm³/mol. The standard InChI is InChI=1S/C10H11N3O.C2HF3O2/c1-2-4-12-8(3-1)10-7-5-11-6-9(7)14-13-10;3-2(4,5)1(6)7/h1-4,7,9,11H,5-6H2;(H,6,7)/t7-,9+;/m0./s1. The molecule has 2 atom stereocenters. The second-order valence-corrected chi connectivity index (χ2v) is 4.40. The van der Waals surface area contributed by atoms with Crippen LogP contribution in [-0.2, 0) is 9.63 Å². The molecule has 6 nitrogen and oxygen atoms in total.